The first kappa shape index (κ1) is 15.4. The fourth-order valence-corrected chi connectivity index (χ4v) is 1.90. The summed E-state index contributed by atoms with van der Waals surface area (Å²) < 4.78 is 32.0. The van der Waals surface area contributed by atoms with Crippen molar-refractivity contribution in [3.8, 4) is 5.75 Å². The topological polar surface area (TPSA) is 21.3 Å². The Morgan fingerprint density at radius 3 is 2.72 bits per heavy atom. The Morgan fingerprint density at radius 1 is 1.22 bits per heavy atom. The van der Waals surface area contributed by atoms with Gasteiger partial charge in [-0.15, -0.1) is 0 Å². The molecule has 1 N–H and O–H groups in total. The average Bonchev–Trinajstić information content (AvgIpc) is 2.33. The van der Waals surface area contributed by atoms with Crippen molar-refractivity contribution >= 4 is 15.9 Å². The number of hydrogen-bond donors (Lipinski definition) is 1. The quantitative estimate of drug-likeness (QED) is 0.579. The van der Waals surface area contributed by atoms with Gasteiger partial charge in [0.25, 0.3) is 0 Å². The molecule has 0 fully saturated rings. The minimum Gasteiger partial charge on any atom is -0.489 e. The number of nitrogens with one attached hydrogen (secondary N) is 1. The number of hydrogen-bond acceptors (Lipinski definition) is 2. The molecule has 0 amide bonds. The largest absolute Gasteiger partial charge is 0.489 e. The van der Waals surface area contributed by atoms with Gasteiger partial charge >= 0.3 is 0 Å². The van der Waals surface area contributed by atoms with Crippen molar-refractivity contribution in [2.75, 3.05) is 19.7 Å². The fourth-order valence-electron chi connectivity index (χ4n) is 1.50. The Kier molecular flexibility index (Phi) is 7.20. The number of rotatable bonds is 8. The molecule has 5 heteroatoms. The molecule has 0 bridgehead atoms. The van der Waals surface area contributed by atoms with Crippen LogP contribution in [0, 0.1) is 11.6 Å². The summed E-state index contributed by atoms with van der Waals surface area (Å²) in [5.74, 6) is -1.91. The maximum atomic E-state index is 13.3. The van der Waals surface area contributed by atoms with Crippen LogP contribution in [-0.4, -0.2) is 19.7 Å². The highest BCUT2D eigenvalue weighted by Crippen LogP contribution is 2.25. The van der Waals surface area contributed by atoms with Crippen LogP contribution in [0.5, 0.6) is 5.75 Å². The molecule has 0 aliphatic rings. The van der Waals surface area contributed by atoms with Crippen LogP contribution in [0.15, 0.2) is 16.6 Å². The monoisotopic (exact) mass is 321 g/mol. The molecule has 0 aromatic heterocycles. The first-order valence-electron chi connectivity index (χ1n) is 6.13. The van der Waals surface area contributed by atoms with Gasteiger partial charge in [-0.25, -0.2) is 4.39 Å². The molecule has 0 aliphatic heterocycles. The molecule has 18 heavy (non-hydrogen) atoms. The zero-order chi connectivity index (χ0) is 13.4. The molecule has 1 aromatic carbocycles. The Morgan fingerprint density at radius 2 is 2.00 bits per heavy atom. The highest BCUT2D eigenvalue weighted by atomic mass is 79.9. The summed E-state index contributed by atoms with van der Waals surface area (Å²) in [6.45, 7) is 4.01. The zero-order valence-electron chi connectivity index (χ0n) is 10.4. The molecule has 0 radical (unpaired) electrons. The maximum Gasteiger partial charge on any atom is 0.200 e. The molecule has 1 rings (SSSR count). The molecular formula is C13H18BrF2NO. The Bertz CT molecular complexity index is 374. The van der Waals surface area contributed by atoms with E-state index < -0.39 is 11.6 Å². The standard InChI is InChI=1S/C13H18BrF2NO/c1-2-3-4-5-17-6-7-18-12-9-10(14)8-11(15)13(12)16/h8-9,17H,2-7H2,1H3. The highest BCUT2D eigenvalue weighted by Gasteiger charge is 2.10. The van der Waals surface area contributed by atoms with E-state index in [0.717, 1.165) is 19.0 Å². The Balaban J connectivity index is 2.27. The summed E-state index contributed by atoms with van der Waals surface area (Å²) in [4.78, 5) is 0. The Labute approximate surface area is 115 Å². The van der Waals surface area contributed by atoms with E-state index in [1.165, 1.54) is 18.9 Å². The van der Waals surface area contributed by atoms with Gasteiger partial charge in [0, 0.05) is 11.0 Å². The molecule has 0 spiro atoms. The molecule has 0 atom stereocenters. The van der Waals surface area contributed by atoms with Crippen molar-refractivity contribution in [2.45, 2.75) is 26.2 Å². The van der Waals surface area contributed by atoms with Gasteiger partial charge < -0.3 is 10.1 Å². The predicted octanol–water partition coefficient (Wildman–Crippen LogP) is 3.89. The number of benzene rings is 1. The van der Waals surface area contributed by atoms with Gasteiger partial charge in [0.05, 0.1) is 0 Å². The van der Waals surface area contributed by atoms with Crippen molar-refractivity contribution in [2.24, 2.45) is 0 Å². The summed E-state index contributed by atoms with van der Waals surface area (Å²) in [6.07, 6.45) is 3.50. The number of halogens is 3. The minimum absolute atomic E-state index is 0.0581. The van der Waals surface area contributed by atoms with E-state index in [0.29, 0.717) is 17.6 Å². The highest BCUT2D eigenvalue weighted by molar-refractivity contribution is 9.10. The van der Waals surface area contributed by atoms with Crippen molar-refractivity contribution in [3.63, 3.8) is 0 Å². The minimum atomic E-state index is -0.941. The van der Waals surface area contributed by atoms with Crippen LogP contribution in [0.1, 0.15) is 26.2 Å². The van der Waals surface area contributed by atoms with Gasteiger partial charge in [-0.3, -0.25) is 0 Å². The van der Waals surface area contributed by atoms with Gasteiger partial charge in [-0.05, 0) is 25.1 Å². The van der Waals surface area contributed by atoms with Crippen LogP contribution in [0.4, 0.5) is 8.78 Å². The summed E-state index contributed by atoms with van der Waals surface area (Å²) >= 11 is 3.10. The lowest BCUT2D eigenvalue weighted by Gasteiger charge is -2.09. The van der Waals surface area contributed by atoms with Crippen LogP contribution < -0.4 is 10.1 Å². The van der Waals surface area contributed by atoms with Crippen LogP contribution in [0.25, 0.3) is 0 Å². The predicted molar refractivity (Wildman–Crippen MR) is 71.9 cm³/mol. The SMILES string of the molecule is CCCCCNCCOc1cc(Br)cc(F)c1F. The van der Waals surface area contributed by atoms with Gasteiger partial charge in [0.15, 0.2) is 11.6 Å². The lowest BCUT2D eigenvalue weighted by atomic mass is 10.2. The van der Waals surface area contributed by atoms with E-state index in [1.54, 1.807) is 0 Å². The first-order chi connectivity index (χ1) is 8.65. The third-order valence-electron chi connectivity index (χ3n) is 2.45. The molecule has 2 nitrogen and oxygen atoms in total. The van der Waals surface area contributed by atoms with Crippen LogP contribution in [-0.2, 0) is 0 Å². The molecular weight excluding hydrogens is 304 g/mol. The molecule has 0 heterocycles. The van der Waals surface area contributed by atoms with E-state index in [4.69, 9.17) is 4.74 Å². The number of ether oxygens (including phenoxy) is 1. The number of unbranched alkanes of at least 4 members (excludes halogenated alkanes) is 2. The molecule has 0 saturated carbocycles. The van der Waals surface area contributed by atoms with E-state index in [2.05, 4.69) is 28.2 Å². The second-order valence-electron chi connectivity index (χ2n) is 4.01. The zero-order valence-corrected chi connectivity index (χ0v) is 12.0. The van der Waals surface area contributed by atoms with Crippen molar-refractivity contribution in [1.29, 1.82) is 0 Å². The second kappa shape index (κ2) is 8.43. The normalized spacial score (nSPS) is 10.7. The van der Waals surface area contributed by atoms with Crippen molar-refractivity contribution in [1.82, 2.24) is 5.32 Å². The Hall–Kier alpha value is -0.680. The van der Waals surface area contributed by atoms with Crippen molar-refractivity contribution in [3.05, 3.63) is 28.2 Å². The molecule has 1 aromatic rings. The smallest absolute Gasteiger partial charge is 0.200 e. The van der Waals surface area contributed by atoms with Crippen molar-refractivity contribution < 1.29 is 13.5 Å². The van der Waals surface area contributed by atoms with Crippen LogP contribution in [0.3, 0.4) is 0 Å². The average molecular weight is 322 g/mol. The summed E-state index contributed by atoms with van der Waals surface area (Å²) in [6, 6.07) is 2.50. The van der Waals surface area contributed by atoms with Gasteiger partial charge in [0.2, 0.25) is 5.82 Å². The molecule has 0 saturated heterocycles. The molecule has 0 unspecified atom stereocenters. The molecule has 0 aliphatic carbocycles. The van der Waals surface area contributed by atoms with Gasteiger partial charge in [-0.2, -0.15) is 4.39 Å². The van der Waals surface area contributed by atoms with E-state index in [-0.39, 0.29) is 5.75 Å². The van der Waals surface area contributed by atoms with Crippen LogP contribution in [0.2, 0.25) is 0 Å². The van der Waals surface area contributed by atoms with Crippen LogP contribution >= 0.6 is 15.9 Å². The van der Waals surface area contributed by atoms with E-state index in [9.17, 15) is 8.78 Å². The lowest BCUT2D eigenvalue weighted by Crippen LogP contribution is -2.22. The van der Waals surface area contributed by atoms with E-state index in [1.807, 2.05) is 0 Å². The fraction of sp³-hybridized carbons (Fsp3) is 0.538. The maximum absolute atomic E-state index is 13.3. The van der Waals surface area contributed by atoms with Gasteiger partial charge in [0.1, 0.15) is 6.61 Å². The van der Waals surface area contributed by atoms with Gasteiger partial charge in [-0.1, -0.05) is 35.7 Å². The first-order valence-corrected chi connectivity index (χ1v) is 6.92. The third kappa shape index (κ3) is 5.31. The summed E-state index contributed by atoms with van der Waals surface area (Å²) in [5.41, 5.74) is 0. The lowest BCUT2D eigenvalue weighted by molar-refractivity contribution is 0.292. The summed E-state index contributed by atoms with van der Waals surface area (Å²) in [7, 11) is 0. The third-order valence-corrected chi connectivity index (χ3v) is 2.91. The second-order valence-corrected chi connectivity index (χ2v) is 4.92. The molecule has 102 valence electrons. The van der Waals surface area contributed by atoms with E-state index >= 15 is 0 Å². The summed E-state index contributed by atoms with van der Waals surface area (Å²) in [5, 5.41) is 3.19.